The van der Waals surface area contributed by atoms with Crippen molar-refractivity contribution in [1.29, 1.82) is 0 Å². The number of nitrogens with two attached hydrogens (primary N) is 2. The Morgan fingerprint density at radius 1 is 1.28 bits per heavy atom. The standard InChI is InChI=1S/C12H18N4O2/c13-8-1-2-9-12(17-7-10(14)18-9)11(8)16-5-3-15-4-6-16/h1-2,10,15H,3-7,13-14H2. The summed E-state index contributed by atoms with van der Waals surface area (Å²) in [5.41, 5.74) is 13.4. The molecule has 1 atom stereocenters. The molecule has 1 fully saturated rings. The van der Waals surface area contributed by atoms with Gasteiger partial charge in [-0.3, -0.25) is 5.73 Å². The number of nitrogens with zero attached hydrogens (tertiary/aromatic N) is 1. The van der Waals surface area contributed by atoms with Crippen molar-refractivity contribution in [2.75, 3.05) is 43.4 Å². The molecule has 0 saturated carbocycles. The molecule has 2 heterocycles. The molecule has 0 aromatic heterocycles. The molecule has 0 spiro atoms. The van der Waals surface area contributed by atoms with Crippen LogP contribution in [0.15, 0.2) is 12.1 Å². The third kappa shape index (κ3) is 1.93. The first-order valence-corrected chi connectivity index (χ1v) is 6.19. The molecule has 2 aliphatic heterocycles. The van der Waals surface area contributed by atoms with Crippen molar-refractivity contribution < 1.29 is 9.47 Å². The van der Waals surface area contributed by atoms with Crippen LogP contribution in [0.3, 0.4) is 0 Å². The average molecular weight is 250 g/mol. The van der Waals surface area contributed by atoms with E-state index in [1.807, 2.05) is 12.1 Å². The van der Waals surface area contributed by atoms with Crippen LogP contribution >= 0.6 is 0 Å². The Morgan fingerprint density at radius 2 is 2.06 bits per heavy atom. The molecule has 6 heteroatoms. The number of piperazine rings is 1. The zero-order valence-corrected chi connectivity index (χ0v) is 10.2. The molecule has 18 heavy (non-hydrogen) atoms. The van der Waals surface area contributed by atoms with Gasteiger partial charge in [0.1, 0.15) is 12.3 Å². The van der Waals surface area contributed by atoms with Gasteiger partial charge in [0.15, 0.2) is 17.7 Å². The van der Waals surface area contributed by atoms with Crippen LogP contribution in [-0.4, -0.2) is 39.0 Å². The summed E-state index contributed by atoms with van der Waals surface area (Å²) in [5.74, 6) is 1.40. The maximum Gasteiger partial charge on any atom is 0.186 e. The van der Waals surface area contributed by atoms with Crippen LogP contribution in [0.1, 0.15) is 0 Å². The van der Waals surface area contributed by atoms with Crippen molar-refractivity contribution in [3.8, 4) is 11.5 Å². The van der Waals surface area contributed by atoms with Gasteiger partial charge in [-0.25, -0.2) is 0 Å². The lowest BCUT2D eigenvalue weighted by Gasteiger charge is -2.34. The molecule has 1 unspecified atom stereocenters. The lowest BCUT2D eigenvalue weighted by molar-refractivity contribution is 0.0962. The van der Waals surface area contributed by atoms with E-state index in [0.717, 1.165) is 43.3 Å². The van der Waals surface area contributed by atoms with E-state index >= 15 is 0 Å². The fourth-order valence-corrected chi connectivity index (χ4v) is 2.38. The number of nitrogens with one attached hydrogen (secondary N) is 1. The van der Waals surface area contributed by atoms with Gasteiger partial charge < -0.3 is 25.4 Å². The van der Waals surface area contributed by atoms with Crippen molar-refractivity contribution in [1.82, 2.24) is 5.32 Å². The Labute approximate surface area is 106 Å². The van der Waals surface area contributed by atoms with Crippen LogP contribution < -0.4 is 31.2 Å². The van der Waals surface area contributed by atoms with Gasteiger partial charge in [0.05, 0.1) is 5.69 Å². The Balaban J connectivity index is 1.99. The van der Waals surface area contributed by atoms with Crippen molar-refractivity contribution in [3.63, 3.8) is 0 Å². The van der Waals surface area contributed by atoms with E-state index in [2.05, 4.69) is 10.2 Å². The van der Waals surface area contributed by atoms with E-state index in [-0.39, 0.29) is 0 Å². The summed E-state index contributed by atoms with van der Waals surface area (Å²) in [7, 11) is 0. The first-order valence-electron chi connectivity index (χ1n) is 6.19. The molecule has 0 radical (unpaired) electrons. The third-order valence-corrected chi connectivity index (χ3v) is 3.23. The van der Waals surface area contributed by atoms with Gasteiger partial charge in [-0.1, -0.05) is 0 Å². The summed E-state index contributed by atoms with van der Waals surface area (Å²) in [4.78, 5) is 2.23. The summed E-state index contributed by atoms with van der Waals surface area (Å²) in [6.45, 7) is 4.08. The van der Waals surface area contributed by atoms with E-state index < -0.39 is 6.23 Å². The van der Waals surface area contributed by atoms with E-state index in [1.165, 1.54) is 0 Å². The summed E-state index contributed by atoms with van der Waals surface area (Å²) in [6, 6.07) is 3.66. The maximum absolute atomic E-state index is 6.08. The second-order valence-corrected chi connectivity index (χ2v) is 4.54. The minimum atomic E-state index is -0.406. The molecular weight excluding hydrogens is 232 g/mol. The Kier molecular flexibility index (Phi) is 2.89. The second kappa shape index (κ2) is 4.55. The molecule has 1 saturated heterocycles. The van der Waals surface area contributed by atoms with E-state index in [0.29, 0.717) is 12.4 Å². The summed E-state index contributed by atoms with van der Waals surface area (Å²) in [5, 5.41) is 3.32. The average Bonchev–Trinajstić information content (AvgIpc) is 2.40. The highest BCUT2D eigenvalue weighted by Crippen LogP contribution is 2.44. The maximum atomic E-state index is 6.08. The monoisotopic (exact) mass is 250 g/mol. The predicted octanol–water partition coefficient (Wildman–Crippen LogP) is -0.266. The van der Waals surface area contributed by atoms with Gasteiger partial charge in [0, 0.05) is 26.2 Å². The largest absolute Gasteiger partial charge is 0.482 e. The molecule has 2 aliphatic rings. The van der Waals surface area contributed by atoms with Crippen molar-refractivity contribution >= 4 is 11.4 Å². The highest BCUT2D eigenvalue weighted by Gasteiger charge is 2.26. The fraction of sp³-hybridized carbons (Fsp3) is 0.500. The molecule has 0 aliphatic carbocycles. The van der Waals surface area contributed by atoms with Crippen LogP contribution in [0.4, 0.5) is 11.4 Å². The first kappa shape index (κ1) is 11.4. The number of hydrogen-bond acceptors (Lipinski definition) is 6. The summed E-state index contributed by atoms with van der Waals surface area (Å²) in [6.07, 6.45) is -0.406. The summed E-state index contributed by atoms with van der Waals surface area (Å²) >= 11 is 0. The van der Waals surface area contributed by atoms with Gasteiger partial charge in [-0.05, 0) is 12.1 Å². The molecule has 1 aromatic carbocycles. The van der Waals surface area contributed by atoms with Crippen molar-refractivity contribution in [3.05, 3.63) is 12.1 Å². The molecule has 0 bridgehead atoms. The van der Waals surface area contributed by atoms with Crippen LogP contribution in [0.2, 0.25) is 0 Å². The van der Waals surface area contributed by atoms with Crippen LogP contribution in [0, 0.1) is 0 Å². The quantitative estimate of drug-likeness (QED) is 0.595. The van der Waals surface area contributed by atoms with E-state index in [4.69, 9.17) is 20.9 Å². The number of nitrogen functional groups attached to an aromatic ring is 1. The SMILES string of the molecule is Nc1ccc2c(c1N1CCNCC1)OCC(N)O2. The number of ether oxygens (including phenoxy) is 2. The molecule has 6 nitrogen and oxygen atoms in total. The van der Waals surface area contributed by atoms with Gasteiger partial charge in [0.2, 0.25) is 0 Å². The topological polar surface area (TPSA) is 85.8 Å². The molecule has 98 valence electrons. The molecular formula is C12H18N4O2. The van der Waals surface area contributed by atoms with Crippen molar-refractivity contribution in [2.24, 2.45) is 5.73 Å². The first-order chi connectivity index (χ1) is 8.75. The van der Waals surface area contributed by atoms with Gasteiger partial charge in [-0.2, -0.15) is 0 Å². The van der Waals surface area contributed by atoms with E-state index in [9.17, 15) is 0 Å². The number of hydrogen-bond donors (Lipinski definition) is 3. The minimum Gasteiger partial charge on any atom is -0.482 e. The fourth-order valence-electron chi connectivity index (χ4n) is 2.38. The molecule has 1 aromatic rings. The second-order valence-electron chi connectivity index (χ2n) is 4.54. The van der Waals surface area contributed by atoms with Crippen molar-refractivity contribution in [2.45, 2.75) is 6.23 Å². The number of rotatable bonds is 1. The van der Waals surface area contributed by atoms with Crippen LogP contribution in [0.5, 0.6) is 11.5 Å². The highest BCUT2D eigenvalue weighted by atomic mass is 16.6. The molecule has 3 rings (SSSR count). The predicted molar refractivity (Wildman–Crippen MR) is 70.0 cm³/mol. The Bertz CT molecular complexity index is 446. The number of fused-ring (bicyclic) bond motifs is 1. The zero-order valence-electron chi connectivity index (χ0n) is 10.2. The highest BCUT2D eigenvalue weighted by molar-refractivity contribution is 5.79. The van der Waals surface area contributed by atoms with Gasteiger partial charge in [0.25, 0.3) is 0 Å². The van der Waals surface area contributed by atoms with E-state index in [1.54, 1.807) is 0 Å². The van der Waals surface area contributed by atoms with Crippen LogP contribution in [0.25, 0.3) is 0 Å². The molecule has 0 amide bonds. The van der Waals surface area contributed by atoms with Crippen LogP contribution in [-0.2, 0) is 0 Å². The lowest BCUT2D eigenvalue weighted by atomic mass is 10.2. The Hall–Kier alpha value is -1.66. The molecule has 5 N–H and O–H groups in total. The van der Waals surface area contributed by atoms with Gasteiger partial charge in [-0.15, -0.1) is 0 Å². The zero-order chi connectivity index (χ0) is 12.5. The summed E-state index contributed by atoms with van der Waals surface area (Å²) < 4.78 is 11.3. The smallest absolute Gasteiger partial charge is 0.186 e. The normalized spacial score (nSPS) is 22.9. The number of benzene rings is 1. The lowest BCUT2D eigenvalue weighted by Crippen LogP contribution is -2.44. The Morgan fingerprint density at radius 3 is 2.83 bits per heavy atom. The minimum absolute atomic E-state index is 0.357. The third-order valence-electron chi connectivity index (χ3n) is 3.23. The number of anilines is 2. The van der Waals surface area contributed by atoms with Gasteiger partial charge >= 0.3 is 0 Å².